The van der Waals surface area contributed by atoms with E-state index in [2.05, 4.69) is 43.4 Å². The van der Waals surface area contributed by atoms with Crippen LogP contribution in [0.3, 0.4) is 0 Å². The third kappa shape index (κ3) is 6.50. The maximum atomic E-state index is 5.97. The molecular weight excluding hydrogens is 270 g/mol. The molecule has 0 amide bonds. The Kier molecular flexibility index (Phi) is 7.96. The molecule has 1 heterocycles. The van der Waals surface area contributed by atoms with Crippen LogP contribution in [0.4, 0.5) is 0 Å². The van der Waals surface area contributed by atoms with Crippen LogP contribution in [0.5, 0.6) is 0 Å². The predicted octanol–water partition coefficient (Wildman–Crippen LogP) is 4.86. The lowest BCUT2D eigenvalue weighted by atomic mass is 10.0. The van der Waals surface area contributed by atoms with Crippen LogP contribution in [0, 0.1) is 0 Å². The Balaban J connectivity index is 1.60. The van der Waals surface area contributed by atoms with Crippen molar-refractivity contribution in [1.29, 1.82) is 0 Å². The van der Waals surface area contributed by atoms with Gasteiger partial charge in [0.25, 0.3) is 0 Å². The highest BCUT2D eigenvalue weighted by molar-refractivity contribution is 5.22. The smallest absolute Gasteiger partial charge is 0.0721 e. The molecule has 124 valence electrons. The molecule has 1 aromatic rings. The monoisotopic (exact) mass is 303 g/mol. The van der Waals surface area contributed by atoms with Crippen molar-refractivity contribution in [3.05, 3.63) is 35.4 Å². The van der Waals surface area contributed by atoms with E-state index in [4.69, 9.17) is 4.74 Å². The summed E-state index contributed by atoms with van der Waals surface area (Å²) in [5.74, 6) is 0. The van der Waals surface area contributed by atoms with Crippen molar-refractivity contribution in [3.63, 3.8) is 0 Å². The van der Waals surface area contributed by atoms with Gasteiger partial charge in [-0.05, 0) is 37.3 Å². The molecule has 0 saturated carbocycles. The van der Waals surface area contributed by atoms with Crippen molar-refractivity contribution in [2.45, 2.75) is 84.0 Å². The molecule has 1 N–H and O–H groups in total. The number of aryl methyl sites for hydroxylation is 1. The highest BCUT2D eigenvalue weighted by Gasteiger charge is 2.20. The summed E-state index contributed by atoms with van der Waals surface area (Å²) in [4.78, 5) is 0. The SMILES string of the molecule is CCCCCCCCc1ccc(CO[C@@H]2CN[C@@H](C)C2)cc1. The molecule has 1 aliphatic rings. The molecule has 1 aromatic carbocycles. The zero-order valence-electron chi connectivity index (χ0n) is 14.4. The molecule has 0 aromatic heterocycles. The number of unbranched alkanes of at least 4 members (excludes halogenated alkanes) is 5. The van der Waals surface area contributed by atoms with Crippen molar-refractivity contribution >= 4 is 0 Å². The van der Waals surface area contributed by atoms with E-state index in [0.717, 1.165) is 19.6 Å². The number of rotatable bonds is 10. The molecule has 2 atom stereocenters. The van der Waals surface area contributed by atoms with E-state index >= 15 is 0 Å². The first-order valence-corrected chi connectivity index (χ1v) is 9.20. The van der Waals surface area contributed by atoms with Crippen LogP contribution in [-0.2, 0) is 17.8 Å². The van der Waals surface area contributed by atoms with Crippen LogP contribution >= 0.6 is 0 Å². The lowest BCUT2D eigenvalue weighted by Gasteiger charge is -2.11. The lowest BCUT2D eigenvalue weighted by Crippen LogP contribution is -2.18. The largest absolute Gasteiger partial charge is 0.372 e. The van der Waals surface area contributed by atoms with E-state index in [1.54, 1.807) is 0 Å². The molecule has 1 saturated heterocycles. The summed E-state index contributed by atoms with van der Waals surface area (Å²) in [6.45, 7) is 6.24. The predicted molar refractivity (Wildman–Crippen MR) is 94.2 cm³/mol. The number of hydrogen-bond acceptors (Lipinski definition) is 2. The topological polar surface area (TPSA) is 21.3 Å². The summed E-state index contributed by atoms with van der Waals surface area (Å²) in [5.41, 5.74) is 2.77. The van der Waals surface area contributed by atoms with Gasteiger partial charge in [-0.1, -0.05) is 63.3 Å². The molecule has 2 heteroatoms. The van der Waals surface area contributed by atoms with Gasteiger partial charge in [-0.2, -0.15) is 0 Å². The van der Waals surface area contributed by atoms with Gasteiger partial charge < -0.3 is 10.1 Å². The minimum Gasteiger partial charge on any atom is -0.372 e. The van der Waals surface area contributed by atoms with Gasteiger partial charge in [0.1, 0.15) is 0 Å². The van der Waals surface area contributed by atoms with Gasteiger partial charge >= 0.3 is 0 Å². The summed E-state index contributed by atoms with van der Waals surface area (Å²) in [6.07, 6.45) is 11.0. The quantitative estimate of drug-likeness (QED) is 0.623. The maximum Gasteiger partial charge on any atom is 0.0721 e. The normalized spacial score (nSPS) is 21.4. The Bertz CT molecular complexity index is 401. The molecule has 0 spiro atoms. The van der Waals surface area contributed by atoms with Crippen LogP contribution in [0.2, 0.25) is 0 Å². The second-order valence-corrected chi connectivity index (χ2v) is 6.81. The minimum absolute atomic E-state index is 0.387. The first-order valence-electron chi connectivity index (χ1n) is 9.20. The lowest BCUT2D eigenvalue weighted by molar-refractivity contribution is 0.0529. The third-order valence-corrected chi connectivity index (χ3v) is 4.64. The van der Waals surface area contributed by atoms with Crippen LogP contribution in [0.15, 0.2) is 24.3 Å². The highest BCUT2D eigenvalue weighted by atomic mass is 16.5. The Morgan fingerprint density at radius 1 is 1.00 bits per heavy atom. The van der Waals surface area contributed by atoms with E-state index in [-0.39, 0.29) is 0 Å². The number of benzene rings is 1. The van der Waals surface area contributed by atoms with Gasteiger partial charge in [-0.15, -0.1) is 0 Å². The molecule has 2 rings (SSSR count). The first kappa shape index (κ1) is 17.5. The fourth-order valence-corrected chi connectivity index (χ4v) is 3.15. The second kappa shape index (κ2) is 10.0. The van der Waals surface area contributed by atoms with E-state index in [1.807, 2.05) is 0 Å². The summed E-state index contributed by atoms with van der Waals surface area (Å²) in [7, 11) is 0. The van der Waals surface area contributed by atoms with Crippen LogP contribution in [0.1, 0.15) is 69.9 Å². The van der Waals surface area contributed by atoms with Crippen LogP contribution < -0.4 is 5.32 Å². The van der Waals surface area contributed by atoms with E-state index in [9.17, 15) is 0 Å². The summed E-state index contributed by atoms with van der Waals surface area (Å²) in [5, 5.41) is 3.43. The molecule has 0 bridgehead atoms. The number of nitrogens with one attached hydrogen (secondary N) is 1. The van der Waals surface area contributed by atoms with Gasteiger partial charge in [-0.3, -0.25) is 0 Å². The highest BCUT2D eigenvalue weighted by Crippen LogP contribution is 2.14. The zero-order chi connectivity index (χ0) is 15.6. The van der Waals surface area contributed by atoms with Gasteiger partial charge in [0.15, 0.2) is 0 Å². The zero-order valence-corrected chi connectivity index (χ0v) is 14.4. The average molecular weight is 303 g/mol. The third-order valence-electron chi connectivity index (χ3n) is 4.64. The number of ether oxygens (including phenoxy) is 1. The van der Waals surface area contributed by atoms with Crippen LogP contribution in [-0.4, -0.2) is 18.7 Å². The molecular formula is C20H33NO. The van der Waals surface area contributed by atoms with E-state index < -0.39 is 0 Å². The summed E-state index contributed by atoms with van der Waals surface area (Å²) >= 11 is 0. The standard InChI is InChI=1S/C20H33NO/c1-3-4-5-6-7-8-9-18-10-12-19(13-11-18)16-22-20-14-17(2)21-15-20/h10-13,17,20-21H,3-9,14-16H2,1-2H3/t17-,20-/m0/s1. The van der Waals surface area contributed by atoms with Gasteiger partial charge in [0.05, 0.1) is 12.7 Å². The van der Waals surface area contributed by atoms with E-state index in [1.165, 1.54) is 56.1 Å². The fourth-order valence-electron chi connectivity index (χ4n) is 3.15. The van der Waals surface area contributed by atoms with E-state index in [0.29, 0.717) is 12.1 Å². The Hall–Kier alpha value is -0.860. The first-order chi connectivity index (χ1) is 10.8. The fraction of sp³-hybridized carbons (Fsp3) is 0.700. The average Bonchev–Trinajstić information content (AvgIpc) is 2.95. The van der Waals surface area contributed by atoms with Gasteiger partial charge in [0, 0.05) is 12.6 Å². The Morgan fingerprint density at radius 2 is 1.68 bits per heavy atom. The summed E-state index contributed by atoms with van der Waals surface area (Å²) < 4.78 is 5.97. The molecule has 0 aliphatic carbocycles. The molecule has 22 heavy (non-hydrogen) atoms. The summed E-state index contributed by atoms with van der Waals surface area (Å²) in [6, 6.07) is 9.63. The minimum atomic E-state index is 0.387. The van der Waals surface area contributed by atoms with Crippen molar-refractivity contribution in [2.75, 3.05) is 6.54 Å². The second-order valence-electron chi connectivity index (χ2n) is 6.81. The van der Waals surface area contributed by atoms with Crippen molar-refractivity contribution in [2.24, 2.45) is 0 Å². The molecule has 1 fully saturated rings. The van der Waals surface area contributed by atoms with Crippen molar-refractivity contribution < 1.29 is 4.74 Å². The molecule has 1 aliphatic heterocycles. The molecule has 0 unspecified atom stereocenters. The van der Waals surface area contributed by atoms with Gasteiger partial charge in [0.2, 0.25) is 0 Å². The molecule has 2 nitrogen and oxygen atoms in total. The van der Waals surface area contributed by atoms with Crippen molar-refractivity contribution in [1.82, 2.24) is 5.32 Å². The Morgan fingerprint density at radius 3 is 2.36 bits per heavy atom. The number of hydrogen-bond donors (Lipinski definition) is 1. The maximum absolute atomic E-state index is 5.97. The van der Waals surface area contributed by atoms with Crippen LogP contribution in [0.25, 0.3) is 0 Å². The Labute approximate surface area is 136 Å². The van der Waals surface area contributed by atoms with Gasteiger partial charge in [-0.25, -0.2) is 0 Å². The molecule has 0 radical (unpaired) electrons. The van der Waals surface area contributed by atoms with Crippen molar-refractivity contribution in [3.8, 4) is 0 Å².